The number of Topliss-reactive ketones (excluding diaryl/α,β-unsaturated/α-hetero) is 1. The number of carbonyl (C=O) groups excluding carboxylic acids is 2. The molecule has 0 saturated carbocycles. The van der Waals surface area contributed by atoms with Crippen LogP contribution in [0.5, 0.6) is 0 Å². The van der Waals surface area contributed by atoms with Crippen LogP contribution in [-0.2, 0) is 0 Å². The number of benzene rings is 2. The Balaban J connectivity index is 1.96. The second kappa shape index (κ2) is 5.06. The zero-order valence-corrected chi connectivity index (χ0v) is 11.0. The van der Waals surface area contributed by atoms with Crippen molar-refractivity contribution in [3.05, 3.63) is 77.0 Å². The zero-order chi connectivity index (χ0) is 14.8. The number of nitriles is 1. The highest BCUT2D eigenvalue weighted by molar-refractivity contribution is 6.25. The van der Waals surface area contributed by atoms with Crippen LogP contribution in [0.3, 0.4) is 0 Å². The summed E-state index contributed by atoms with van der Waals surface area (Å²) in [4.78, 5) is 24.4. The van der Waals surface area contributed by atoms with Crippen molar-refractivity contribution in [2.24, 2.45) is 0 Å². The minimum Gasteiger partial charge on any atom is -0.352 e. The molecule has 2 aromatic rings. The smallest absolute Gasteiger partial charge is 0.210 e. The van der Waals surface area contributed by atoms with Gasteiger partial charge in [0.15, 0.2) is 5.78 Å². The summed E-state index contributed by atoms with van der Waals surface area (Å²) in [5.41, 5.74) is 2.10. The molecular formula is C17H10N2O2. The van der Waals surface area contributed by atoms with Crippen LogP contribution < -0.4 is 5.32 Å². The average molecular weight is 274 g/mol. The van der Waals surface area contributed by atoms with Gasteiger partial charge in [-0.25, -0.2) is 0 Å². The summed E-state index contributed by atoms with van der Waals surface area (Å²) in [5.74, 6) is -0.434. The molecule has 0 atom stereocenters. The van der Waals surface area contributed by atoms with E-state index in [1.807, 2.05) is 6.07 Å². The number of nitrogens with one attached hydrogen (secondary N) is 1. The summed E-state index contributed by atoms with van der Waals surface area (Å²) in [6, 6.07) is 15.5. The molecule has 1 N–H and O–H groups in total. The van der Waals surface area contributed by atoms with E-state index in [1.165, 1.54) is 6.08 Å². The fraction of sp³-hybridized carbons (Fsp3) is 0. The zero-order valence-electron chi connectivity index (χ0n) is 11.0. The van der Waals surface area contributed by atoms with Crippen LogP contribution in [0, 0.1) is 11.3 Å². The van der Waals surface area contributed by atoms with Crippen LogP contribution in [0.2, 0.25) is 0 Å². The van der Waals surface area contributed by atoms with E-state index >= 15 is 0 Å². The molecule has 0 heterocycles. The Morgan fingerprint density at radius 2 is 1.71 bits per heavy atom. The minimum absolute atomic E-state index is 0.205. The van der Waals surface area contributed by atoms with Gasteiger partial charge >= 0.3 is 0 Å². The molecule has 4 nitrogen and oxygen atoms in total. The standard InChI is InChI=1S/C17H10N2O2/c18-10-11-4-3-5-12(8-11)19-15-9-16(20)13-6-1-2-7-14(13)17(15)21/h1-9,19H. The number of hydrogen-bond acceptors (Lipinski definition) is 4. The molecule has 0 fully saturated rings. The quantitative estimate of drug-likeness (QED) is 0.914. The fourth-order valence-corrected chi connectivity index (χ4v) is 2.23. The lowest BCUT2D eigenvalue weighted by Gasteiger charge is -2.16. The van der Waals surface area contributed by atoms with Gasteiger partial charge in [0.05, 0.1) is 17.3 Å². The number of nitrogens with zero attached hydrogens (tertiary/aromatic N) is 1. The molecule has 0 saturated heterocycles. The molecule has 0 spiro atoms. The van der Waals surface area contributed by atoms with E-state index in [0.717, 1.165) is 0 Å². The Labute approximate surface area is 121 Å². The molecule has 2 aromatic carbocycles. The molecule has 21 heavy (non-hydrogen) atoms. The molecule has 0 aliphatic heterocycles. The lowest BCUT2D eigenvalue weighted by atomic mass is 9.92. The Kier molecular flexibility index (Phi) is 3.09. The molecule has 0 bridgehead atoms. The Hall–Kier alpha value is -3.19. The molecule has 1 aliphatic carbocycles. The third kappa shape index (κ3) is 2.33. The topological polar surface area (TPSA) is 70.0 Å². The lowest BCUT2D eigenvalue weighted by Crippen LogP contribution is -2.21. The maximum atomic E-state index is 12.4. The monoisotopic (exact) mass is 274 g/mol. The Morgan fingerprint density at radius 3 is 2.48 bits per heavy atom. The maximum absolute atomic E-state index is 12.4. The van der Waals surface area contributed by atoms with Crippen LogP contribution in [0.4, 0.5) is 5.69 Å². The van der Waals surface area contributed by atoms with Crippen molar-refractivity contribution in [1.29, 1.82) is 5.26 Å². The maximum Gasteiger partial charge on any atom is 0.210 e. The van der Waals surface area contributed by atoms with Crippen molar-refractivity contribution in [3.8, 4) is 6.07 Å². The van der Waals surface area contributed by atoms with Crippen LogP contribution in [0.25, 0.3) is 0 Å². The molecule has 100 valence electrons. The van der Waals surface area contributed by atoms with Gasteiger partial charge in [-0.2, -0.15) is 5.26 Å². The van der Waals surface area contributed by atoms with Crippen molar-refractivity contribution in [2.75, 3.05) is 5.32 Å². The summed E-state index contributed by atoms with van der Waals surface area (Å²) in [6.07, 6.45) is 1.30. The second-order valence-corrected chi connectivity index (χ2v) is 4.61. The first-order chi connectivity index (χ1) is 10.2. The van der Waals surface area contributed by atoms with Gasteiger partial charge in [-0.05, 0) is 18.2 Å². The number of allylic oxidation sites excluding steroid dienone is 2. The van der Waals surface area contributed by atoms with Gasteiger partial charge < -0.3 is 5.32 Å². The van der Waals surface area contributed by atoms with Gasteiger partial charge in [-0.3, -0.25) is 9.59 Å². The average Bonchev–Trinajstić information content (AvgIpc) is 2.52. The fourth-order valence-electron chi connectivity index (χ4n) is 2.23. The first-order valence-electron chi connectivity index (χ1n) is 6.36. The van der Waals surface area contributed by atoms with E-state index < -0.39 is 0 Å². The van der Waals surface area contributed by atoms with E-state index in [-0.39, 0.29) is 17.3 Å². The third-order valence-corrected chi connectivity index (χ3v) is 3.23. The summed E-state index contributed by atoms with van der Waals surface area (Å²) < 4.78 is 0. The Morgan fingerprint density at radius 1 is 0.952 bits per heavy atom. The molecule has 1 aliphatic rings. The van der Waals surface area contributed by atoms with Crippen molar-refractivity contribution in [1.82, 2.24) is 0 Å². The largest absolute Gasteiger partial charge is 0.352 e. The van der Waals surface area contributed by atoms with E-state index in [4.69, 9.17) is 5.26 Å². The lowest BCUT2D eigenvalue weighted by molar-refractivity contribution is 0.0985. The van der Waals surface area contributed by atoms with E-state index in [0.29, 0.717) is 22.4 Å². The van der Waals surface area contributed by atoms with Crippen molar-refractivity contribution >= 4 is 17.3 Å². The van der Waals surface area contributed by atoms with Crippen LogP contribution >= 0.6 is 0 Å². The van der Waals surface area contributed by atoms with E-state index in [1.54, 1.807) is 48.5 Å². The van der Waals surface area contributed by atoms with Gasteiger partial charge in [-0.15, -0.1) is 0 Å². The molecular weight excluding hydrogens is 264 g/mol. The highest BCUT2D eigenvalue weighted by atomic mass is 16.1. The predicted molar refractivity (Wildman–Crippen MR) is 78.0 cm³/mol. The predicted octanol–water partition coefficient (Wildman–Crippen LogP) is 2.93. The van der Waals surface area contributed by atoms with Crippen LogP contribution in [0.15, 0.2) is 60.3 Å². The number of fused-ring (bicyclic) bond motifs is 1. The molecule has 3 rings (SSSR count). The third-order valence-electron chi connectivity index (χ3n) is 3.23. The SMILES string of the molecule is N#Cc1cccc(NC2=CC(=O)c3ccccc3C2=O)c1. The number of rotatable bonds is 2. The highest BCUT2D eigenvalue weighted by Crippen LogP contribution is 2.22. The second-order valence-electron chi connectivity index (χ2n) is 4.61. The highest BCUT2D eigenvalue weighted by Gasteiger charge is 2.25. The molecule has 0 amide bonds. The van der Waals surface area contributed by atoms with Crippen molar-refractivity contribution in [2.45, 2.75) is 0 Å². The Bertz CT molecular complexity index is 829. The first-order valence-corrected chi connectivity index (χ1v) is 6.36. The van der Waals surface area contributed by atoms with Gasteiger partial charge in [-0.1, -0.05) is 30.3 Å². The van der Waals surface area contributed by atoms with E-state index in [9.17, 15) is 9.59 Å². The van der Waals surface area contributed by atoms with Gasteiger partial charge in [0.25, 0.3) is 0 Å². The summed E-state index contributed by atoms with van der Waals surface area (Å²) in [7, 11) is 0. The number of hydrogen-bond donors (Lipinski definition) is 1. The minimum atomic E-state index is -0.229. The normalized spacial score (nSPS) is 13.2. The number of carbonyl (C=O) groups is 2. The molecule has 4 heteroatoms. The van der Waals surface area contributed by atoms with Gasteiger partial charge in [0.1, 0.15) is 0 Å². The summed E-state index contributed by atoms with van der Waals surface area (Å²) >= 11 is 0. The van der Waals surface area contributed by atoms with Gasteiger partial charge in [0, 0.05) is 22.9 Å². The first kappa shape index (κ1) is 12.8. The molecule has 0 aromatic heterocycles. The van der Waals surface area contributed by atoms with Crippen LogP contribution in [0.1, 0.15) is 26.3 Å². The van der Waals surface area contributed by atoms with E-state index in [2.05, 4.69) is 5.32 Å². The molecule has 0 radical (unpaired) electrons. The van der Waals surface area contributed by atoms with Gasteiger partial charge in [0.2, 0.25) is 5.78 Å². The molecule has 0 unspecified atom stereocenters. The number of ketones is 2. The summed E-state index contributed by atoms with van der Waals surface area (Å²) in [6.45, 7) is 0. The van der Waals surface area contributed by atoms with Crippen molar-refractivity contribution < 1.29 is 9.59 Å². The number of anilines is 1. The van der Waals surface area contributed by atoms with Crippen LogP contribution in [-0.4, -0.2) is 11.6 Å². The van der Waals surface area contributed by atoms with Crippen molar-refractivity contribution in [3.63, 3.8) is 0 Å². The summed E-state index contributed by atoms with van der Waals surface area (Å²) in [5, 5.41) is 11.8.